The lowest BCUT2D eigenvalue weighted by atomic mass is 10.1. The Morgan fingerprint density at radius 2 is 2.04 bits per heavy atom. The molecular weight excluding hydrogens is 374 g/mol. The summed E-state index contributed by atoms with van der Waals surface area (Å²) in [6, 6.07) is 5.96. The van der Waals surface area contributed by atoms with Crippen LogP contribution in [-0.2, 0) is 9.53 Å². The maximum atomic E-state index is 12.0. The predicted molar refractivity (Wildman–Crippen MR) is 97.1 cm³/mol. The second-order valence-electron chi connectivity index (χ2n) is 5.85. The van der Waals surface area contributed by atoms with Gasteiger partial charge in [0, 0.05) is 29.3 Å². The Kier molecular flexibility index (Phi) is 7.05. The number of anilines is 1. The van der Waals surface area contributed by atoms with Crippen molar-refractivity contribution in [2.75, 3.05) is 31.6 Å². The molecule has 1 fully saturated rings. The largest absolute Gasteiger partial charge is 0.450 e. The predicted octanol–water partition coefficient (Wildman–Crippen LogP) is 2.91. The van der Waals surface area contributed by atoms with Gasteiger partial charge in [-0.05, 0) is 50.5 Å². The third kappa shape index (κ3) is 5.49. The summed E-state index contributed by atoms with van der Waals surface area (Å²) in [5.41, 5.74) is 1.87. The molecule has 7 heteroatoms. The number of hydrogen-bond donors (Lipinski definition) is 2. The molecule has 0 atom stereocenters. The number of amides is 2. The van der Waals surface area contributed by atoms with Gasteiger partial charge in [-0.2, -0.15) is 0 Å². The van der Waals surface area contributed by atoms with Crippen molar-refractivity contribution >= 4 is 33.6 Å². The number of piperidine rings is 1. The van der Waals surface area contributed by atoms with Crippen LogP contribution in [-0.4, -0.2) is 49.2 Å². The molecule has 0 aromatic heterocycles. The van der Waals surface area contributed by atoms with Gasteiger partial charge >= 0.3 is 6.09 Å². The Morgan fingerprint density at radius 3 is 2.67 bits per heavy atom. The van der Waals surface area contributed by atoms with Crippen molar-refractivity contribution in [2.24, 2.45) is 0 Å². The van der Waals surface area contributed by atoms with Gasteiger partial charge in [0.25, 0.3) is 0 Å². The molecule has 0 saturated carbocycles. The maximum absolute atomic E-state index is 12.0. The highest BCUT2D eigenvalue weighted by Gasteiger charge is 2.23. The Bertz CT molecular complexity index is 586. The first kappa shape index (κ1) is 18.7. The van der Waals surface area contributed by atoms with Gasteiger partial charge in [0.2, 0.25) is 5.91 Å². The number of hydrogen-bond acceptors (Lipinski definition) is 4. The van der Waals surface area contributed by atoms with E-state index in [4.69, 9.17) is 4.74 Å². The van der Waals surface area contributed by atoms with E-state index < -0.39 is 0 Å². The molecule has 1 heterocycles. The standard InChI is InChI=1S/C17H24BrN3O3/c1-3-24-17(23)21-8-6-13(7-9-21)19-11-16(22)20-14-4-5-15(18)12(2)10-14/h4-5,10,13,19H,3,6-9,11H2,1-2H3,(H,20,22). The highest BCUT2D eigenvalue weighted by molar-refractivity contribution is 9.10. The fourth-order valence-corrected chi connectivity index (χ4v) is 2.89. The molecule has 0 aliphatic carbocycles. The molecule has 0 radical (unpaired) electrons. The fourth-order valence-electron chi connectivity index (χ4n) is 2.65. The smallest absolute Gasteiger partial charge is 0.409 e. The van der Waals surface area contributed by atoms with Gasteiger partial charge in [-0.3, -0.25) is 4.79 Å². The van der Waals surface area contributed by atoms with E-state index in [1.807, 2.05) is 25.1 Å². The first-order chi connectivity index (χ1) is 11.5. The van der Waals surface area contributed by atoms with E-state index in [1.165, 1.54) is 0 Å². The molecule has 1 aromatic carbocycles. The molecule has 0 bridgehead atoms. The van der Waals surface area contributed by atoms with Gasteiger partial charge in [0.1, 0.15) is 0 Å². The van der Waals surface area contributed by atoms with Gasteiger partial charge in [-0.1, -0.05) is 15.9 Å². The molecule has 1 saturated heterocycles. The fraction of sp³-hybridized carbons (Fsp3) is 0.529. The van der Waals surface area contributed by atoms with Crippen LogP contribution in [0.1, 0.15) is 25.3 Å². The minimum absolute atomic E-state index is 0.0652. The summed E-state index contributed by atoms with van der Waals surface area (Å²) in [4.78, 5) is 25.4. The second kappa shape index (κ2) is 9.03. The first-order valence-corrected chi connectivity index (χ1v) is 9.00. The number of rotatable bonds is 5. The van der Waals surface area contributed by atoms with Crippen molar-refractivity contribution in [2.45, 2.75) is 32.7 Å². The van der Waals surface area contributed by atoms with Gasteiger partial charge in [-0.25, -0.2) is 4.79 Å². The number of ether oxygens (including phenoxy) is 1. The van der Waals surface area contributed by atoms with Crippen LogP contribution in [0.25, 0.3) is 0 Å². The number of nitrogens with zero attached hydrogens (tertiary/aromatic N) is 1. The molecule has 2 amide bonds. The normalized spacial score (nSPS) is 15.2. The zero-order valence-electron chi connectivity index (χ0n) is 14.1. The average molecular weight is 398 g/mol. The summed E-state index contributed by atoms with van der Waals surface area (Å²) in [5.74, 6) is -0.0652. The number of likely N-dealkylation sites (tertiary alicyclic amines) is 1. The van der Waals surface area contributed by atoms with Crippen molar-refractivity contribution in [1.29, 1.82) is 0 Å². The molecule has 1 aliphatic heterocycles. The summed E-state index contributed by atoms with van der Waals surface area (Å²) >= 11 is 3.44. The number of carbonyl (C=O) groups is 2. The Morgan fingerprint density at radius 1 is 1.33 bits per heavy atom. The summed E-state index contributed by atoms with van der Waals surface area (Å²) in [6.45, 7) is 5.76. The lowest BCUT2D eigenvalue weighted by molar-refractivity contribution is -0.115. The zero-order valence-corrected chi connectivity index (χ0v) is 15.7. The number of nitrogens with one attached hydrogen (secondary N) is 2. The molecule has 24 heavy (non-hydrogen) atoms. The first-order valence-electron chi connectivity index (χ1n) is 8.20. The zero-order chi connectivity index (χ0) is 17.5. The van der Waals surface area contributed by atoms with E-state index in [-0.39, 0.29) is 24.6 Å². The summed E-state index contributed by atoms with van der Waals surface area (Å²) < 4.78 is 6.02. The van der Waals surface area contributed by atoms with E-state index >= 15 is 0 Å². The van der Waals surface area contributed by atoms with Crippen LogP contribution in [0.15, 0.2) is 22.7 Å². The van der Waals surface area contributed by atoms with Crippen LogP contribution in [0.5, 0.6) is 0 Å². The topological polar surface area (TPSA) is 70.7 Å². The van der Waals surface area contributed by atoms with Gasteiger partial charge in [0.05, 0.1) is 13.2 Å². The van der Waals surface area contributed by atoms with Crippen molar-refractivity contribution in [3.63, 3.8) is 0 Å². The quantitative estimate of drug-likeness (QED) is 0.800. The molecule has 0 spiro atoms. The SMILES string of the molecule is CCOC(=O)N1CCC(NCC(=O)Nc2ccc(Br)c(C)c2)CC1. The van der Waals surface area contributed by atoms with Gasteiger partial charge in [0.15, 0.2) is 0 Å². The number of benzene rings is 1. The van der Waals surface area contributed by atoms with Gasteiger partial charge in [-0.15, -0.1) is 0 Å². The number of carbonyl (C=O) groups excluding carboxylic acids is 2. The van der Waals surface area contributed by atoms with E-state index in [0.29, 0.717) is 19.7 Å². The molecule has 2 rings (SSSR count). The molecule has 0 unspecified atom stereocenters. The molecule has 132 valence electrons. The van der Waals surface area contributed by atoms with Crippen molar-refractivity contribution in [1.82, 2.24) is 10.2 Å². The number of halogens is 1. The highest BCUT2D eigenvalue weighted by Crippen LogP contribution is 2.19. The monoisotopic (exact) mass is 397 g/mol. The molecule has 2 N–H and O–H groups in total. The second-order valence-corrected chi connectivity index (χ2v) is 6.71. The number of aryl methyl sites for hydroxylation is 1. The lowest BCUT2D eigenvalue weighted by Gasteiger charge is -2.31. The van der Waals surface area contributed by atoms with Crippen LogP contribution >= 0.6 is 15.9 Å². The minimum Gasteiger partial charge on any atom is -0.450 e. The summed E-state index contributed by atoms with van der Waals surface area (Å²) in [6.07, 6.45) is 1.40. The summed E-state index contributed by atoms with van der Waals surface area (Å²) in [7, 11) is 0. The van der Waals surface area contributed by atoms with Gasteiger partial charge < -0.3 is 20.3 Å². The molecular formula is C17H24BrN3O3. The van der Waals surface area contributed by atoms with Crippen LogP contribution in [0.4, 0.5) is 10.5 Å². The van der Waals surface area contributed by atoms with Crippen LogP contribution < -0.4 is 10.6 Å². The van der Waals surface area contributed by atoms with Crippen molar-refractivity contribution in [3.8, 4) is 0 Å². The van der Waals surface area contributed by atoms with Crippen LogP contribution in [0.2, 0.25) is 0 Å². The third-order valence-electron chi connectivity index (χ3n) is 4.01. The maximum Gasteiger partial charge on any atom is 0.409 e. The Labute approximate surface area is 151 Å². The van der Waals surface area contributed by atoms with Crippen molar-refractivity contribution < 1.29 is 14.3 Å². The van der Waals surface area contributed by atoms with E-state index in [2.05, 4.69) is 26.6 Å². The Balaban J connectivity index is 1.71. The minimum atomic E-state index is -0.251. The van der Waals surface area contributed by atoms with Crippen LogP contribution in [0.3, 0.4) is 0 Å². The molecule has 1 aliphatic rings. The lowest BCUT2D eigenvalue weighted by Crippen LogP contribution is -2.46. The van der Waals surface area contributed by atoms with E-state index in [9.17, 15) is 9.59 Å². The van der Waals surface area contributed by atoms with Crippen LogP contribution in [0, 0.1) is 6.92 Å². The van der Waals surface area contributed by atoms with E-state index in [0.717, 1.165) is 28.6 Å². The van der Waals surface area contributed by atoms with Crippen molar-refractivity contribution in [3.05, 3.63) is 28.2 Å². The molecule has 1 aromatic rings. The highest BCUT2D eigenvalue weighted by atomic mass is 79.9. The summed E-state index contributed by atoms with van der Waals surface area (Å²) in [5, 5.41) is 6.15. The average Bonchev–Trinajstić information content (AvgIpc) is 2.57. The molecule has 6 nitrogen and oxygen atoms in total. The Hall–Kier alpha value is -1.60. The third-order valence-corrected chi connectivity index (χ3v) is 4.90. The van der Waals surface area contributed by atoms with E-state index in [1.54, 1.807) is 11.8 Å².